The number of nitrogens with one attached hydrogen (secondary N) is 2. The summed E-state index contributed by atoms with van der Waals surface area (Å²) in [7, 11) is -3.65. The van der Waals surface area contributed by atoms with Crippen molar-refractivity contribution in [3.63, 3.8) is 0 Å². The fraction of sp³-hybridized carbons (Fsp3) is 0.400. The summed E-state index contributed by atoms with van der Waals surface area (Å²) in [6.07, 6.45) is 1.72. The molecular weight excluding hydrogens is 392 g/mol. The Labute approximate surface area is 171 Å². The third-order valence-corrected chi connectivity index (χ3v) is 6.05. The Morgan fingerprint density at radius 1 is 1.21 bits per heavy atom. The second kappa shape index (κ2) is 9.34. The van der Waals surface area contributed by atoms with E-state index in [0.29, 0.717) is 25.3 Å². The first-order chi connectivity index (χ1) is 13.8. The molecule has 2 N–H and O–H groups in total. The van der Waals surface area contributed by atoms with Crippen molar-refractivity contribution in [2.75, 3.05) is 31.2 Å². The normalized spacial score (nSPS) is 14.8. The van der Waals surface area contributed by atoms with E-state index in [1.807, 2.05) is 12.1 Å². The highest BCUT2D eigenvalue weighted by Gasteiger charge is 2.17. The summed E-state index contributed by atoms with van der Waals surface area (Å²) in [5.41, 5.74) is 1.21. The van der Waals surface area contributed by atoms with Crippen LogP contribution in [-0.4, -0.2) is 51.7 Å². The van der Waals surface area contributed by atoms with Crippen LogP contribution in [0.15, 0.2) is 47.5 Å². The van der Waals surface area contributed by atoms with E-state index in [1.54, 1.807) is 32.2 Å². The Morgan fingerprint density at radius 2 is 1.97 bits per heavy atom. The van der Waals surface area contributed by atoms with Crippen molar-refractivity contribution in [2.24, 2.45) is 0 Å². The highest BCUT2D eigenvalue weighted by Crippen LogP contribution is 2.15. The number of ether oxygens (including phenoxy) is 1. The molecule has 8 nitrogen and oxygen atoms in total. The Bertz CT molecular complexity index is 956. The molecule has 1 aromatic heterocycles. The van der Waals surface area contributed by atoms with Gasteiger partial charge in [0.15, 0.2) is 0 Å². The van der Waals surface area contributed by atoms with Gasteiger partial charge < -0.3 is 15.0 Å². The molecule has 156 valence electrons. The number of benzene rings is 1. The van der Waals surface area contributed by atoms with E-state index in [9.17, 15) is 13.2 Å². The second-order valence-electron chi connectivity index (χ2n) is 7.11. The van der Waals surface area contributed by atoms with Gasteiger partial charge in [-0.1, -0.05) is 6.07 Å². The largest absolute Gasteiger partial charge is 0.378 e. The molecule has 0 bridgehead atoms. The Kier molecular flexibility index (Phi) is 6.83. The van der Waals surface area contributed by atoms with Crippen molar-refractivity contribution in [2.45, 2.75) is 31.3 Å². The highest BCUT2D eigenvalue weighted by atomic mass is 32.2. The molecule has 1 aromatic carbocycles. The van der Waals surface area contributed by atoms with Crippen LogP contribution in [0.5, 0.6) is 0 Å². The number of sulfonamides is 1. The number of hydrogen-bond donors (Lipinski definition) is 2. The number of rotatable bonds is 7. The van der Waals surface area contributed by atoms with Crippen LogP contribution in [0.25, 0.3) is 0 Å². The molecule has 0 aliphatic carbocycles. The number of anilines is 1. The zero-order chi connectivity index (χ0) is 20.9. The van der Waals surface area contributed by atoms with Gasteiger partial charge in [0.2, 0.25) is 10.0 Å². The number of morpholine rings is 1. The first-order valence-corrected chi connectivity index (χ1v) is 11.0. The van der Waals surface area contributed by atoms with Gasteiger partial charge in [-0.05, 0) is 49.7 Å². The summed E-state index contributed by atoms with van der Waals surface area (Å²) >= 11 is 0. The van der Waals surface area contributed by atoms with Gasteiger partial charge in [-0.2, -0.15) is 0 Å². The molecule has 2 heterocycles. The first kappa shape index (κ1) is 21.2. The SMILES string of the molecule is CC(C)NS(=O)(=O)c1cccc(C(=O)NCc2ccnc(N3CCOCC3)c2)c1. The minimum absolute atomic E-state index is 0.0670. The molecule has 29 heavy (non-hydrogen) atoms. The van der Waals surface area contributed by atoms with Gasteiger partial charge >= 0.3 is 0 Å². The summed E-state index contributed by atoms with van der Waals surface area (Å²) in [5, 5.41) is 2.84. The van der Waals surface area contributed by atoms with E-state index in [2.05, 4.69) is 19.9 Å². The molecule has 2 aromatic rings. The summed E-state index contributed by atoms with van der Waals surface area (Å²) < 4.78 is 32.5. The molecule has 0 spiro atoms. The maximum absolute atomic E-state index is 12.5. The Balaban J connectivity index is 1.66. The van der Waals surface area contributed by atoms with Crippen molar-refractivity contribution in [3.8, 4) is 0 Å². The van der Waals surface area contributed by atoms with E-state index in [4.69, 9.17) is 4.74 Å². The fourth-order valence-electron chi connectivity index (χ4n) is 3.00. The van der Waals surface area contributed by atoms with Crippen LogP contribution < -0.4 is 14.9 Å². The zero-order valence-corrected chi connectivity index (χ0v) is 17.4. The van der Waals surface area contributed by atoms with E-state index < -0.39 is 10.0 Å². The van der Waals surface area contributed by atoms with Gasteiger partial charge in [0.1, 0.15) is 5.82 Å². The van der Waals surface area contributed by atoms with Crippen molar-refractivity contribution in [1.82, 2.24) is 15.0 Å². The van der Waals surface area contributed by atoms with E-state index >= 15 is 0 Å². The summed E-state index contributed by atoms with van der Waals surface area (Å²) in [5.74, 6) is 0.518. The minimum Gasteiger partial charge on any atom is -0.378 e. The number of amides is 1. The monoisotopic (exact) mass is 418 g/mol. The second-order valence-corrected chi connectivity index (χ2v) is 8.82. The molecule has 1 aliphatic heterocycles. The highest BCUT2D eigenvalue weighted by molar-refractivity contribution is 7.89. The molecule has 3 rings (SSSR count). The number of carbonyl (C=O) groups excluding carboxylic acids is 1. The lowest BCUT2D eigenvalue weighted by Gasteiger charge is -2.28. The lowest BCUT2D eigenvalue weighted by atomic mass is 10.2. The summed E-state index contributed by atoms with van der Waals surface area (Å²) in [6, 6.07) is 9.56. The molecule has 1 aliphatic rings. The summed E-state index contributed by atoms with van der Waals surface area (Å²) in [6.45, 7) is 6.73. The maximum Gasteiger partial charge on any atom is 0.251 e. The smallest absolute Gasteiger partial charge is 0.251 e. The predicted molar refractivity (Wildman–Crippen MR) is 110 cm³/mol. The van der Waals surface area contributed by atoms with Crippen LogP contribution in [0.2, 0.25) is 0 Å². The van der Waals surface area contributed by atoms with Crippen molar-refractivity contribution in [1.29, 1.82) is 0 Å². The number of nitrogens with zero attached hydrogens (tertiary/aromatic N) is 2. The van der Waals surface area contributed by atoms with Crippen molar-refractivity contribution < 1.29 is 17.9 Å². The molecule has 0 radical (unpaired) electrons. The van der Waals surface area contributed by atoms with Crippen LogP contribution in [0.1, 0.15) is 29.8 Å². The molecule has 0 saturated carbocycles. The van der Waals surface area contributed by atoms with E-state index in [-0.39, 0.29) is 16.8 Å². The van der Waals surface area contributed by atoms with Crippen LogP contribution in [0.4, 0.5) is 5.82 Å². The van der Waals surface area contributed by atoms with Gasteiger partial charge in [-0.3, -0.25) is 4.79 Å². The molecular formula is C20H26N4O4S. The Morgan fingerprint density at radius 3 is 2.69 bits per heavy atom. The molecule has 1 amide bonds. The Hall–Kier alpha value is -2.49. The average Bonchev–Trinajstić information content (AvgIpc) is 2.72. The average molecular weight is 419 g/mol. The van der Waals surface area contributed by atoms with Gasteiger partial charge in [0.25, 0.3) is 5.91 Å². The standard InChI is InChI=1S/C20H26N4O4S/c1-15(2)23-29(26,27)18-5-3-4-17(13-18)20(25)22-14-16-6-7-21-19(12-16)24-8-10-28-11-9-24/h3-7,12-13,15,23H,8-11,14H2,1-2H3,(H,22,25). The summed E-state index contributed by atoms with van der Waals surface area (Å²) in [4.78, 5) is 19.1. The molecule has 9 heteroatoms. The number of carbonyl (C=O) groups is 1. The van der Waals surface area contributed by atoms with Crippen LogP contribution in [0.3, 0.4) is 0 Å². The van der Waals surface area contributed by atoms with Crippen LogP contribution in [-0.2, 0) is 21.3 Å². The topological polar surface area (TPSA) is 101 Å². The third kappa shape index (κ3) is 5.75. The lowest BCUT2D eigenvalue weighted by Crippen LogP contribution is -2.36. The van der Waals surface area contributed by atoms with Gasteiger partial charge in [0.05, 0.1) is 18.1 Å². The minimum atomic E-state index is -3.65. The van der Waals surface area contributed by atoms with Gasteiger partial charge in [-0.15, -0.1) is 0 Å². The zero-order valence-electron chi connectivity index (χ0n) is 16.6. The lowest BCUT2D eigenvalue weighted by molar-refractivity contribution is 0.0950. The number of hydrogen-bond acceptors (Lipinski definition) is 6. The predicted octanol–water partition coefficient (Wildman–Crippen LogP) is 1.53. The van der Waals surface area contributed by atoms with E-state index in [1.165, 1.54) is 12.1 Å². The quantitative estimate of drug-likeness (QED) is 0.707. The maximum atomic E-state index is 12.5. The van der Waals surface area contributed by atoms with Gasteiger partial charge in [0, 0.05) is 37.4 Å². The first-order valence-electron chi connectivity index (χ1n) is 9.53. The molecule has 1 saturated heterocycles. The van der Waals surface area contributed by atoms with Crippen LogP contribution >= 0.6 is 0 Å². The molecule has 0 unspecified atom stereocenters. The van der Waals surface area contributed by atoms with Crippen molar-refractivity contribution >= 4 is 21.7 Å². The number of aromatic nitrogens is 1. The van der Waals surface area contributed by atoms with Gasteiger partial charge in [-0.25, -0.2) is 18.1 Å². The number of pyridine rings is 1. The van der Waals surface area contributed by atoms with Crippen LogP contribution in [0, 0.1) is 0 Å². The fourth-order valence-corrected chi connectivity index (χ4v) is 4.30. The van der Waals surface area contributed by atoms with E-state index in [0.717, 1.165) is 24.5 Å². The van der Waals surface area contributed by atoms with Crippen molar-refractivity contribution in [3.05, 3.63) is 53.7 Å². The molecule has 0 atom stereocenters. The molecule has 1 fully saturated rings. The third-order valence-electron chi connectivity index (χ3n) is 4.40.